The zero-order valence-electron chi connectivity index (χ0n) is 11.1. The van der Waals surface area contributed by atoms with Crippen molar-refractivity contribution in [1.82, 2.24) is 4.48 Å². The number of quaternary nitrogens is 1. The number of hydrogen-bond donors (Lipinski definition) is 0. The van der Waals surface area contributed by atoms with Crippen LogP contribution in [0.1, 0.15) is 19.4 Å². The molecule has 1 heterocycles. The van der Waals surface area contributed by atoms with E-state index in [0.29, 0.717) is 10.8 Å². The van der Waals surface area contributed by atoms with Gasteiger partial charge in [0.1, 0.15) is 5.70 Å². The lowest BCUT2D eigenvalue weighted by molar-refractivity contribution is -0.115. The standard InChI is InChI=1S/C14H17ClNO2/c1-9-14(2,3)11-6-10(15)7-12(18-5)13(11)16(9,4)8-17/h6-8H,1H2,2-5H3/q+1. The molecule has 0 bridgehead atoms. The fourth-order valence-corrected chi connectivity index (χ4v) is 2.88. The van der Waals surface area contributed by atoms with Crippen LogP contribution in [0.5, 0.6) is 5.75 Å². The molecular formula is C14H17ClNO2+. The quantitative estimate of drug-likeness (QED) is 0.607. The van der Waals surface area contributed by atoms with Gasteiger partial charge >= 0.3 is 6.41 Å². The Morgan fingerprint density at radius 1 is 1.44 bits per heavy atom. The molecule has 1 aromatic rings. The molecule has 0 aromatic heterocycles. The van der Waals surface area contributed by atoms with Gasteiger partial charge in [-0.05, 0) is 26.5 Å². The van der Waals surface area contributed by atoms with Crippen molar-refractivity contribution >= 4 is 23.7 Å². The molecule has 1 aliphatic heterocycles. The lowest BCUT2D eigenvalue weighted by Gasteiger charge is -2.26. The number of halogens is 1. The number of ether oxygens (including phenoxy) is 1. The molecule has 18 heavy (non-hydrogen) atoms. The molecular weight excluding hydrogens is 250 g/mol. The first-order valence-corrected chi connectivity index (χ1v) is 6.08. The van der Waals surface area contributed by atoms with Gasteiger partial charge < -0.3 is 4.74 Å². The van der Waals surface area contributed by atoms with Crippen LogP contribution in [-0.4, -0.2) is 20.6 Å². The Labute approximate surface area is 112 Å². The summed E-state index contributed by atoms with van der Waals surface area (Å²) in [4.78, 5) is 11.6. The van der Waals surface area contributed by atoms with E-state index >= 15 is 0 Å². The van der Waals surface area contributed by atoms with Gasteiger partial charge in [-0.15, -0.1) is 0 Å². The van der Waals surface area contributed by atoms with Gasteiger partial charge in [0.15, 0.2) is 11.4 Å². The molecule has 96 valence electrons. The van der Waals surface area contributed by atoms with Crippen molar-refractivity contribution in [2.24, 2.45) is 0 Å². The minimum atomic E-state index is -0.316. The van der Waals surface area contributed by atoms with E-state index in [1.807, 2.05) is 27.0 Å². The van der Waals surface area contributed by atoms with Gasteiger partial charge in [0.05, 0.1) is 19.6 Å². The van der Waals surface area contributed by atoms with E-state index in [1.54, 1.807) is 13.2 Å². The number of amides is 1. The Kier molecular flexibility index (Phi) is 2.80. The number of likely N-dealkylation sites (N-methyl/N-ethyl adjacent to an activating group) is 1. The summed E-state index contributed by atoms with van der Waals surface area (Å²) >= 11 is 6.11. The van der Waals surface area contributed by atoms with Crippen molar-refractivity contribution in [1.29, 1.82) is 0 Å². The average molecular weight is 267 g/mol. The van der Waals surface area contributed by atoms with Crippen molar-refractivity contribution in [3.8, 4) is 5.75 Å². The number of carbonyl (C=O) groups is 1. The summed E-state index contributed by atoms with van der Waals surface area (Å²) < 4.78 is 5.41. The van der Waals surface area contributed by atoms with Gasteiger partial charge in [-0.3, -0.25) is 0 Å². The van der Waals surface area contributed by atoms with Crippen LogP contribution in [0.25, 0.3) is 0 Å². The predicted octanol–water partition coefficient (Wildman–Crippen LogP) is 3.25. The highest BCUT2D eigenvalue weighted by molar-refractivity contribution is 6.31. The zero-order chi connectivity index (χ0) is 13.7. The molecule has 1 unspecified atom stereocenters. The summed E-state index contributed by atoms with van der Waals surface area (Å²) in [6, 6.07) is 3.62. The van der Waals surface area contributed by atoms with E-state index in [4.69, 9.17) is 16.3 Å². The molecule has 0 saturated heterocycles. The van der Waals surface area contributed by atoms with Crippen LogP contribution in [0.15, 0.2) is 24.4 Å². The first kappa shape index (κ1) is 13.1. The molecule has 0 aliphatic carbocycles. The number of rotatable bonds is 2. The molecule has 0 N–H and O–H groups in total. The Bertz CT molecular complexity index is 551. The molecule has 1 atom stereocenters. The van der Waals surface area contributed by atoms with Gasteiger partial charge in [0, 0.05) is 16.7 Å². The normalized spacial score (nSPS) is 24.8. The fourth-order valence-electron chi connectivity index (χ4n) is 2.67. The van der Waals surface area contributed by atoms with E-state index in [9.17, 15) is 4.79 Å². The number of fused-ring (bicyclic) bond motifs is 1. The Hall–Kier alpha value is -1.32. The molecule has 1 aromatic carbocycles. The van der Waals surface area contributed by atoms with Gasteiger partial charge in [-0.1, -0.05) is 11.6 Å². The second kappa shape index (κ2) is 3.84. The van der Waals surface area contributed by atoms with E-state index in [1.165, 1.54) is 0 Å². The van der Waals surface area contributed by atoms with Crippen LogP contribution in [0, 0.1) is 0 Å². The zero-order valence-corrected chi connectivity index (χ0v) is 11.8. The number of hydrogen-bond acceptors (Lipinski definition) is 2. The van der Waals surface area contributed by atoms with E-state index < -0.39 is 0 Å². The first-order valence-electron chi connectivity index (χ1n) is 5.70. The van der Waals surface area contributed by atoms with Crippen LogP contribution in [0.2, 0.25) is 5.02 Å². The van der Waals surface area contributed by atoms with E-state index in [0.717, 1.165) is 23.4 Å². The van der Waals surface area contributed by atoms with Crippen molar-refractivity contribution in [2.75, 3.05) is 14.2 Å². The van der Waals surface area contributed by atoms with Crippen molar-refractivity contribution in [3.05, 3.63) is 35.0 Å². The molecule has 0 radical (unpaired) electrons. The third kappa shape index (κ3) is 1.44. The molecule has 3 nitrogen and oxygen atoms in total. The van der Waals surface area contributed by atoms with E-state index in [2.05, 4.69) is 6.58 Å². The molecule has 0 spiro atoms. The number of allylic oxidation sites excluding steroid dienone is 1. The number of methoxy groups -OCH3 is 1. The molecule has 2 rings (SSSR count). The third-order valence-corrected chi connectivity index (χ3v) is 4.11. The Morgan fingerprint density at radius 2 is 2.06 bits per heavy atom. The molecule has 1 amide bonds. The average Bonchev–Trinajstić information content (AvgIpc) is 2.49. The van der Waals surface area contributed by atoms with Crippen LogP contribution in [-0.2, 0) is 10.2 Å². The summed E-state index contributed by atoms with van der Waals surface area (Å²) in [5, 5.41) is 0.603. The predicted molar refractivity (Wildman–Crippen MR) is 74.0 cm³/mol. The van der Waals surface area contributed by atoms with Crippen molar-refractivity contribution < 1.29 is 9.53 Å². The second-order valence-corrected chi connectivity index (χ2v) is 5.69. The second-order valence-electron chi connectivity index (χ2n) is 5.26. The number of benzene rings is 1. The molecule has 0 saturated carbocycles. The maximum atomic E-state index is 11.6. The summed E-state index contributed by atoms with van der Waals surface area (Å²) in [6.07, 6.45) is 0.881. The number of carbonyl (C=O) groups excluding carboxylic acids is 1. The van der Waals surface area contributed by atoms with Gasteiger partial charge in [0.2, 0.25) is 0 Å². The van der Waals surface area contributed by atoms with Crippen LogP contribution >= 0.6 is 11.6 Å². The highest BCUT2D eigenvalue weighted by Crippen LogP contribution is 2.54. The summed E-state index contributed by atoms with van der Waals surface area (Å²) in [5.74, 6) is 0.624. The highest BCUT2D eigenvalue weighted by Gasteiger charge is 2.53. The van der Waals surface area contributed by atoms with Gasteiger partial charge in [0.25, 0.3) is 0 Å². The van der Waals surface area contributed by atoms with Crippen molar-refractivity contribution in [3.63, 3.8) is 0 Å². The SMILES string of the molecule is C=C1C(C)(C)c2cc(Cl)cc(OC)c2[N+]1(C)C=O. The first-order chi connectivity index (χ1) is 8.29. The monoisotopic (exact) mass is 266 g/mol. The minimum Gasteiger partial charge on any atom is -0.491 e. The van der Waals surface area contributed by atoms with Crippen LogP contribution in [0.3, 0.4) is 0 Å². The topological polar surface area (TPSA) is 26.3 Å². The lowest BCUT2D eigenvalue weighted by Crippen LogP contribution is -2.42. The van der Waals surface area contributed by atoms with Gasteiger partial charge in [-0.2, -0.15) is 0 Å². The summed E-state index contributed by atoms with van der Waals surface area (Å²) in [5.41, 5.74) is 2.31. The van der Waals surface area contributed by atoms with Crippen molar-refractivity contribution in [2.45, 2.75) is 19.3 Å². The maximum Gasteiger partial charge on any atom is 0.311 e. The number of nitrogens with zero attached hydrogens (tertiary/aromatic N) is 1. The van der Waals surface area contributed by atoms with Gasteiger partial charge in [-0.25, -0.2) is 9.28 Å². The maximum absolute atomic E-state index is 11.6. The van der Waals surface area contributed by atoms with Crippen LogP contribution < -0.4 is 9.22 Å². The fraction of sp³-hybridized carbons (Fsp3) is 0.357. The molecule has 0 fully saturated rings. The third-order valence-electron chi connectivity index (χ3n) is 3.89. The highest BCUT2D eigenvalue weighted by atomic mass is 35.5. The summed E-state index contributed by atoms with van der Waals surface area (Å²) in [7, 11) is 3.40. The molecule has 4 heteroatoms. The Balaban J connectivity index is 2.89. The smallest absolute Gasteiger partial charge is 0.311 e. The summed E-state index contributed by atoms with van der Waals surface area (Å²) in [6.45, 7) is 8.17. The Morgan fingerprint density at radius 3 is 2.56 bits per heavy atom. The molecule has 1 aliphatic rings. The largest absolute Gasteiger partial charge is 0.491 e. The van der Waals surface area contributed by atoms with Crippen LogP contribution in [0.4, 0.5) is 5.69 Å². The van der Waals surface area contributed by atoms with E-state index in [-0.39, 0.29) is 9.90 Å². The lowest BCUT2D eigenvalue weighted by atomic mass is 9.84. The minimum absolute atomic E-state index is 0.0304.